The molecule has 1 amide bonds. The number of phenolic OH excluding ortho intramolecular Hbond substituents is 1. The number of amides is 1. The Morgan fingerprint density at radius 2 is 1.76 bits per heavy atom. The van der Waals surface area contributed by atoms with Crippen LogP contribution >= 0.6 is 0 Å². The van der Waals surface area contributed by atoms with Gasteiger partial charge in [0.05, 0.1) is 17.2 Å². The maximum Gasteiger partial charge on any atom is 0.340 e. The van der Waals surface area contributed by atoms with E-state index in [0.29, 0.717) is 29.9 Å². The standard InChI is InChI=1S/C29H31NO8/c30-29(36)23-9-5-17(13-24(23)31)16-37-26-11-6-19(14-18(26)7-12-27(33)34)28(35)22-10-8-21(15-25(22)32)38-20-3-1-2-4-20/h6,8,10-11,13-15,20,31-32H,1-5,7,9,12,16H2,(H2,30,36)(H,33,34)/p+1. The lowest BCUT2D eigenvalue weighted by atomic mass is 9.96. The number of aliphatic carboxylic acids is 1. The van der Waals surface area contributed by atoms with E-state index in [2.05, 4.69) is 5.73 Å². The number of hydrogen-bond donors (Lipinski definition) is 4. The number of carboxylic acid groups (broad SMARTS) is 1. The van der Waals surface area contributed by atoms with E-state index >= 15 is 0 Å². The first-order valence-electron chi connectivity index (χ1n) is 12.7. The number of benzene rings is 2. The molecule has 1 fully saturated rings. The molecule has 2 aromatic carbocycles. The van der Waals surface area contributed by atoms with Gasteiger partial charge in [-0.05, 0) is 92.5 Å². The molecule has 0 saturated heterocycles. The maximum atomic E-state index is 13.2. The van der Waals surface area contributed by atoms with Crippen molar-refractivity contribution in [1.29, 1.82) is 0 Å². The highest BCUT2D eigenvalue weighted by atomic mass is 16.5. The van der Waals surface area contributed by atoms with Crippen molar-refractivity contribution in [2.45, 2.75) is 57.5 Å². The van der Waals surface area contributed by atoms with Crippen LogP contribution in [0.5, 0.6) is 17.2 Å². The van der Waals surface area contributed by atoms with Crippen LogP contribution in [0.1, 0.15) is 66.4 Å². The van der Waals surface area contributed by atoms with Crippen LogP contribution in [0.2, 0.25) is 0 Å². The molecule has 1 saturated carbocycles. The van der Waals surface area contributed by atoms with Gasteiger partial charge in [0.25, 0.3) is 0 Å². The van der Waals surface area contributed by atoms with Gasteiger partial charge in [0.1, 0.15) is 29.6 Å². The second-order valence-corrected chi connectivity index (χ2v) is 9.63. The maximum absolute atomic E-state index is 13.2. The summed E-state index contributed by atoms with van der Waals surface area (Å²) >= 11 is 0. The Labute approximate surface area is 220 Å². The number of carbonyl (C=O) groups is 3. The van der Waals surface area contributed by atoms with Crippen LogP contribution in [0.25, 0.3) is 0 Å². The molecular weight excluding hydrogens is 490 g/mol. The number of rotatable bonds is 11. The minimum atomic E-state index is -0.987. The summed E-state index contributed by atoms with van der Waals surface area (Å²) in [7, 11) is 0. The van der Waals surface area contributed by atoms with Crippen molar-refractivity contribution < 1.29 is 44.9 Å². The summed E-state index contributed by atoms with van der Waals surface area (Å²) in [6.07, 6.45) is 6.64. The third-order valence-corrected chi connectivity index (χ3v) is 6.85. The zero-order valence-corrected chi connectivity index (χ0v) is 21.1. The first-order chi connectivity index (χ1) is 18.2. The minimum Gasteiger partial charge on any atom is -0.507 e. The van der Waals surface area contributed by atoms with E-state index in [-0.39, 0.29) is 53.8 Å². The Morgan fingerprint density at radius 1 is 1.00 bits per heavy atom. The van der Waals surface area contributed by atoms with Crippen LogP contribution in [0.15, 0.2) is 59.4 Å². The van der Waals surface area contributed by atoms with Gasteiger partial charge in [0, 0.05) is 18.1 Å². The molecule has 38 heavy (non-hydrogen) atoms. The van der Waals surface area contributed by atoms with Crippen molar-refractivity contribution in [3.05, 3.63) is 76.1 Å². The van der Waals surface area contributed by atoms with E-state index < -0.39 is 17.7 Å². The van der Waals surface area contributed by atoms with Gasteiger partial charge in [-0.15, -0.1) is 0 Å². The highest BCUT2D eigenvalue weighted by Crippen LogP contribution is 2.31. The zero-order valence-electron chi connectivity index (χ0n) is 21.1. The lowest BCUT2D eigenvalue weighted by Crippen LogP contribution is -2.58. The molecule has 9 heteroatoms. The predicted octanol–water partition coefficient (Wildman–Crippen LogP) is 3.64. The Kier molecular flexibility index (Phi) is 8.48. The average Bonchev–Trinajstić information content (AvgIpc) is 3.39. The molecule has 0 aliphatic heterocycles. The molecule has 0 heterocycles. The number of aliphatic hydroxyl groups excluding tert-OH is 1. The van der Waals surface area contributed by atoms with Gasteiger partial charge in [-0.25, -0.2) is 4.79 Å². The molecule has 4 rings (SSSR count). The summed E-state index contributed by atoms with van der Waals surface area (Å²) in [4.78, 5) is 35.9. The lowest BCUT2D eigenvalue weighted by Gasteiger charge is -2.17. The number of quaternary nitrogens is 1. The van der Waals surface area contributed by atoms with E-state index in [4.69, 9.17) is 9.47 Å². The summed E-state index contributed by atoms with van der Waals surface area (Å²) in [5.74, 6) is -1.20. The number of phenols is 1. The van der Waals surface area contributed by atoms with Crippen molar-refractivity contribution >= 4 is 17.7 Å². The van der Waals surface area contributed by atoms with Gasteiger partial charge < -0.3 is 24.8 Å². The van der Waals surface area contributed by atoms with Crippen LogP contribution < -0.4 is 15.2 Å². The molecule has 2 aliphatic rings. The Morgan fingerprint density at radius 3 is 2.42 bits per heavy atom. The number of aliphatic hydroxyl groups is 1. The number of carboxylic acids is 1. The van der Waals surface area contributed by atoms with Gasteiger partial charge >= 0.3 is 11.9 Å². The summed E-state index contributed by atoms with van der Waals surface area (Å²) in [5, 5.41) is 29.8. The number of hydrogen-bond acceptors (Lipinski definition) is 7. The Bertz CT molecular complexity index is 1300. The number of allylic oxidation sites excluding steroid dienone is 1. The summed E-state index contributed by atoms with van der Waals surface area (Å²) in [6, 6.07) is 9.39. The molecule has 200 valence electrons. The molecular formula is C29H32NO8+. The Hall–Kier alpha value is -4.11. The number of ketones is 1. The van der Waals surface area contributed by atoms with Crippen molar-refractivity contribution in [2.75, 3.05) is 6.61 Å². The van der Waals surface area contributed by atoms with Crippen LogP contribution in [0, 0.1) is 0 Å². The summed E-state index contributed by atoms with van der Waals surface area (Å²) in [6.45, 7) is 0.124. The molecule has 0 unspecified atom stereocenters. The highest BCUT2D eigenvalue weighted by Gasteiger charge is 2.22. The van der Waals surface area contributed by atoms with E-state index in [1.54, 1.807) is 24.3 Å². The third-order valence-electron chi connectivity index (χ3n) is 6.85. The van der Waals surface area contributed by atoms with Gasteiger partial charge in [0.15, 0.2) is 5.78 Å². The van der Waals surface area contributed by atoms with Crippen molar-refractivity contribution in [3.63, 3.8) is 0 Å². The molecule has 0 radical (unpaired) electrons. The van der Waals surface area contributed by atoms with E-state index in [9.17, 15) is 29.7 Å². The molecule has 0 atom stereocenters. The molecule has 0 aromatic heterocycles. The number of ether oxygens (including phenoxy) is 2. The van der Waals surface area contributed by atoms with Crippen molar-refractivity contribution in [2.24, 2.45) is 0 Å². The SMILES string of the molecule is [NH3+]C(=O)C1=C(O)C=C(COc2ccc(C(=O)c3ccc(OC4CCCC4)cc3O)cc2CCC(=O)O)CC1. The minimum absolute atomic E-state index is 0.118. The molecule has 6 N–H and O–H groups in total. The summed E-state index contributed by atoms with van der Waals surface area (Å²) in [5.41, 5.74) is 5.32. The second kappa shape index (κ2) is 12.0. The normalized spacial score (nSPS) is 15.8. The topological polar surface area (TPSA) is 158 Å². The lowest BCUT2D eigenvalue weighted by molar-refractivity contribution is -0.299. The predicted molar refractivity (Wildman–Crippen MR) is 137 cm³/mol. The van der Waals surface area contributed by atoms with E-state index in [1.165, 1.54) is 18.2 Å². The smallest absolute Gasteiger partial charge is 0.340 e. The first kappa shape index (κ1) is 26.9. The number of aromatic hydroxyl groups is 1. The van der Waals surface area contributed by atoms with Gasteiger partial charge in [-0.3, -0.25) is 15.3 Å². The molecule has 2 aliphatic carbocycles. The van der Waals surface area contributed by atoms with Crippen molar-refractivity contribution in [3.8, 4) is 17.2 Å². The third kappa shape index (κ3) is 6.60. The second-order valence-electron chi connectivity index (χ2n) is 9.63. The molecule has 0 spiro atoms. The molecule has 9 nitrogen and oxygen atoms in total. The number of aryl methyl sites for hydroxylation is 1. The zero-order chi connectivity index (χ0) is 27.2. The fourth-order valence-corrected chi connectivity index (χ4v) is 4.76. The molecule has 0 bridgehead atoms. The van der Waals surface area contributed by atoms with Gasteiger partial charge in [-0.2, -0.15) is 0 Å². The largest absolute Gasteiger partial charge is 0.507 e. The van der Waals surface area contributed by atoms with Crippen LogP contribution in [0.4, 0.5) is 0 Å². The fraction of sp³-hybridized carbons (Fsp3) is 0.345. The number of carbonyl (C=O) groups excluding carboxylic acids is 2. The Balaban J connectivity index is 1.51. The van der Waals surface area contributed by atoms with E-state index in [0.717, 1.165) is 31.3 Å². The van der Waals surface area contributed by atoms with Crippen molar-refractivity contribution in [1.82, 2.24) is 0 Å². The van der Waals surface area contributed by atoms with Crippen LogP contribution in [0.3, 0.4) is 0 Å². The van der Waals surface area contributed by atoms with Crippen LogP contribution in [-0.2, 0) is 16.0 Å². The highest BCUT2D eigenvalue weighted by molar-refractivity contribution is 6.11. The molecule has 2 aromatic rings. The quantitative estimate of drug-likeness (QED) is 0.326. The van der Waals surface area contributed by atoms with Gasteiger partial charge in [-0.1, -0.05) is 0 Å². The van der Waals surface area contributed by atoms with Crippen LogP contribution in [-0.4, -0.2) is 45.7 Å². The van der Waals surface area contributed by atoms with Gasteiger partial charge in [0.2, 0.25) is 0 Å². The summed E-state index contributed by atoms with van der Waals surface area (Å²) < 4.78 is 11.8. The first-order valence-corrected chi connectivity index (χ1v) is 12.7. The monoisotopic (exact) mass is 522 g/mol. The fourth-order valence-electron chi connectivity index (χ4n) is 4.76. The average molecular weight is 523 g/mol. The van der Waals surface area contributed by atoms with E-state index in [1.807, 2.05) is 0 Å².